The second-order valence-electron chi connectivity index (χ2n) is 6.52. The molecule has 0 spiro atoms. The van der Waals surface area contributed by atoms with Gasteiger partial charge in [0.2, 0.25) is 11.8 Å². The maximum atomic E-state index is 12.5. The van der Waals surface area contributed by atoms with E-state index in [2.05, 4.69) is 5.32 Å². The van der Waals surface area contributed by atoms with Gasteiger partial charge in [0.05, 0.1) is 12.1 Å². The highest BCUT2D eigenvalue weighted by molar-refractivity contribution is 6.09. The zero-order chi connectivity index (χ0) is 15.7. The fraction of sp³-hybridized carbons (Fsp3) is 0.529. The van der Waals surface area contributed by atoms with Gasteiger partial charge in [-0.05, 0) is 38.8 Å². The zero-order valence-electron chi connectivity index (χ0n) is 13.1. The summed E-state index contributed by atoms with van der Waals surface area (Å²) in [6.07, 6.45) is 1.36. The van der Waals surface area contributed by atoms with Crippen LogP contribution in [0.2, 0.25) is 0 Å². The molecular formula is C17H22N2O3. The first kappa shape index (κ1) is 15.0. The van der Waals surface area contributed by atoms with Gasteiger partial charge in [0, 0.05) is 18.8 Å². The number of aryl methyl sites for hydroxylation is 1. The number of hydrogen-bond donors (Lipinski definition) is 1. The fourth-order valence-corrected chi connectivity index (χ4v) is 3.05. The van der Waals surface area contributed by atoms with Gasteiger partial charge >= 0.3 is 0 Å². The average Bonchev–Trinajstić information content (AvgIpc) is 3.06. The molecule has 1 N–H and O–H groups in total. The van der Waals surface area contributed by atoms with Crippen LogP contribution in [0.5, 0.6) is 0 Å². The molecule has 1 aromatic carbocycles. The molecule has 0 bridgehead atoms. The summed E-state index contributed by atoms with van der Waals surface area (Å²) in [6, 6.07) is 7.82. The Morgan fingerprint density at radius 3 is 2.73 bits per heavy atom. The lowest BCUT2D eigenvalue weighted by molar-refractivity contribution is -0.133. The summed E-state index contributed by atoms with van der Waals surface area (Å²) in [5.41, 5.74) is 1.68. The summed E-state index contributed by atoms with van der Waals surface area (Å²) in [5, 5.41) is 3.00. The summed E-state index contributed by atoms with van der Waals surface area (Å²) in [5.74, 6) is -0.866. The minimum atomic E-state index is -0.585. The first-order valence-corrected chi connectivity index (χ1v) is 7.76. The predicted octanol–water partition coefficient (Wildman–Crippen LogP) is 1.64. The Morgan fingerprint density at radius 2 is 2.09 bits per heavy atom. The summed E-state index contributed by atoms with van der Waals surface area (Å²) >= 11 is 0. The molecule has 2 heterocycles. The second kappa shape index (κ2) is 5.72. The predicted molar refractivity (Wildman–Crippen MR) is 83.6 cm³/mol. The van der Waals surface area contributed by atoms with E-state index in [4.69, 9.17) is 4.74 Å². The molecule has 1 aromatic rings. The van der Waals surface area contributed by atoms with Gasteiger partial charge in [-0.25, -0.2) is 0 Å². The number of hydrogen-bond acceptors (Lipinski definition) is 3. The normalized spacial score (nSPS) is 28.2. The van der Waals surface area contributed by atoms with Crippen molar-refractivity contribution in [1.82, 2.24) is 5.32 Å². The Labute approximate surface area is 130 Å². The third-order valence-corrected chi connectivity index (χ3v) is 4.51. The molecule has 22 heavy (non-hydrogen) atoms. The van der Waals surface area contributed by atoms with Crippen LogP contribution in [0.4, 0.5) is 5.69 Å². The van der Waals surface area contributed by atoms with Crippen molar-refractivity contribution in [3.8, 4) is 0 Å². The lowest BCUT2D eigenvalue weighted by Gasteiger charge is -2.25. The van der Waals surface area contributed by atoms with E-state index in [0.29, 0.717) is 26.2 Å². The van der Waals surface area contributed by atoms with Gasteiger partial charge < -0.3 is 15.0 Å². The summed E-state index contributed by atoms with van der Waals surface area (Å²) in [6.45, 7) is 5.74. The largest absolute Gasteiger partial charge is 0.379 e. The third kappa shape index (κ3) is 2.86. The van der Waals surface area contributed by atoms with Crippen LogP contribution in [0.1, 0.15) is 25.3 Å². The number of nitrogens with zero attached hydrogens (tertiary/aromatic N) is 1. The Kier molecular flexibility index (Phi) is 3.91. The van der Waals surface area contributed by atoms with Crippen LogP contribution in [-0.2, 0) is 14.3 Å². The first-order valence-electron chi connectivity index (χ1n) is 7.76. The lowest BCUT2D eigenvalue weighted by Crippen LogP contribution is -2.50. The number of anilines is 1. The Morgan fingerprint density at radius 1 is 1.36 bits per heavy atom. The molecule has 2 fully saturated rings. The summed E-state index contributed by atoms with van der Waals surface area (Å²) < 4.78 is 5.34. The zero-order valence-corrected chi connectivity index (χ0v) is 13.1. The van der Waals surface area contributed by atoms with Crippen molar-refractivity contribution in [1.29, 1.82) is 0 Å². The van der Waals surface area contributed by atoms with Crippen LogP contribution in [-0.4, -0.2) is 37.1 Å². The van der Waals surface area contributed by atoms with E-state index in [9.17, 15) is 9.59 Å². The number of rotatable bonds is 3. The molecule has 2 amide bonds. The number of amides is 2. The molecule has 0 saturated carbocycles. The third-order valence-electron chi connectivity index (χ3n) is 4.51. The van der Waals surface area contributed by atoms with E-state index in [1.807, 2.05) is 38.1 Å². The molecule has 5 nitrogen and oxygen atoms in total. The number of carbonyl (C=O) groups excluding carboxylic acids is 2. The van der Waals surface area contributed by atoms with E-state index in [1.165, 1.54) is 0 Å². The highest BCUT2D eigenvalue weighted by atomic mass is 16.5. The minimum Gasteiger partial charge on any atom is -0.379 e. The van der Waals surface area contributed by atoms with Crippen LogP contribution in [0, 0.1) is 12.8 Å². The Hall–Kier alpha value is -1.88. The molecule has 0 radical (unpaired) electrons. The Bertz CT molecular complexity index is 576. The first-order chi connectivity index (χ1) is 10.5. The Balaban J connectivity index is 1.68. The molecule has 118 valence electrons. The van der Waals surface area contributed by atoms with Gasteiger partial charge in [0.25, 0.3) is 0 Å². The van der Waals surface area contributed by atoms with Crippen molar-refractivity contribution in [2.75, 3.05) is 24.7 Å². The number of ether oxygens (including phenoxy) is 1. The van der Waals surface area contributed by atoms with E-state index < -0.39 is 5.92 Å². The quantitative estimate of drug-likeness (QED) is 0.864. The molecule has 0 aromatic heterocycles. The standard InChI is InChI=1S/C17H22N2O3/c1-12-3-5-13(6-4-12)19-9-7-14(16(19)21)15(20)18-17(2)8-10-22-11-17/h3-6,14H,7-11H2,1-2H3,(H,18,20). The lowest BCUT2D eigenvalue weighted by atomic mass is 9.99. The van der Waals surface area contributed by atoms with Crippen LogP contribution >= 0.6 is 0 Å². The molecule has 2 saturated heterocycles. The minimum absolute atomic E-state index is 0.108. The van der Waals surface area contributed by atoms with Gasteiger partial charge in [-0.1, -0.05) is 17.7 Å². The second-order valence-corrected chi connectivity index (χ2v) is 6.52. The SMILES string of the molecule is Cc1ccc(N2CCC(C(=O)NC3(C)CCOC3)C2=O)cc1. The average molecular weight is 302 g/mol. The molecule has 2 atom stereocenters. The van der Waals surface area contributed by atoms with Gasteiger partial charge in [-0.3, -0.25) is 9.59 Å². The van der Waals surface area contributed by atoms with E-state index >= 15 is 0 Å². The molecule has 2 aliphatic rings. The van der Waals surface area contributed by atoms with Gasteiger partial charge in [0.1, 0.15) is 5.92 Å². The number of carbonyl (C=O) groups is 2. The van der Waals surface area contributed by atoms with Crippen molar-refractivity contribution in [2.24, 2.45) is 5.92 Å². The van der Waals surface area contributed by atoms with Crippen molar-refractivity contribution in [2.45, 2.75) is 32.2 Å². The van der Waals surface area contributed by atoms with Gasteiger partial charge in [-0.2, -0.15) is 0 Å². The number of nitrogens with one attached hydrogen (secondary N) is 1. The molecule has 0 aliphatic carbocycles. The number of benzene rings is 1. The summed E-state index contributed by atoms with van der Waals surface area (Å²) in [4.78, 5) is 26.7. The van der Waals surface area contributed by atoms with Crippen LogP contribution < -0.4 is 10.2 Å². The fourth-order valence-electron chi connectivity index (χ4n) is 3.05. The maximum Gasteiger partial charge on any atom is 0.239 e. The van der Waals surface area contributed by atoms with Gasteiger partial charge in [-0.15, -0.1) is 0 Å². The van der Waals surface area contributed by atoms with Crippen molar-refractivity contribution >= 4 is 17.5 Å². The molecule has 2 unspecified atom stereocenters. The van der Waals surface area contributed by atoms with Crippen LogP contribution in [0.3, 0.4) is 0 Å². The summed E-state index contributed by atoms with van der Waals surface area (Å²) in [7, 11) is 0. The van der Waals surface area contributed by atoms with Crippen molar-refractivity contribution in [3.05, 3.63) is 29.8 Å². The molecule has 2 aliphatic heterocycles. The highest BCUT2D eigenvalue weighted by Gasteiger charge is 2.41. The monoisotopic (exact) mass is 302 g/mol. The van der Waals surface area contributed by atoms with E-state index in [-0.39, 0.29) is 17.4 Å². The van der Waals surface area contributed by atoms with Crippen LogP contribution in [0.15, 0.2) is 24.3 Å². The van der Waals surface area contributed by atoms with Crippen molar-refractivity contribution in [3.63, 3.8) is 0 Å². The topological polar surface area (TPSA) is 58.6 Å². The molecule has 3 rings (SSSR count). The highest BCUT2D eigenvalue weighted by Crippen LogP contribution is 2.27. The smallest absolute Gasteiger partial charge is 0.239 e. The van der Waals surface area contributed by atoms with Crippen molar-refractivity contribution < 1.29 is 14.3 Å². The molecular weight excluding hydrogens is 280 g/mol. The van der Waals surface area contributed by atoms with Crippen LogP contribution in [0.25, 0.3) is 0 Å². The van der Waals surface area contributed by atoms with E-state index in [0.717, 1.165) is 17.7 Å². The van der Waals surface area contributed by atoms with Gasteiger partial charge in [0.15, 0.2) is 0 Å². The maximum absolute atomic E-state index is 12.5. The van der Waals surface area contributed by atoms with E-state index in [1.54, 1.807) is 4.90 Å². The molecule has 5 heteroatoms.